The zero-order valence-electron chi connectivity index (χ0n) is 10.3. The maximum Gasteiger partial charge on any atom is 0.371 e. The largest absolute Gasteiger partial charge is 0.475 e. The van der Waals surface area contributed by atoms with Gasteiger partial charge in [0.05, 0.1) is 9.82 Å². The van der Waals surface area contributed by atoms with E-state index in [4.69, 9.17) is 15.3 Å². The second-order valence-electron chi connectivity index (χ2n) is 3.83. The second kappa shape index (κ2) is 5.67. The van der Waals surface area contributed by atoms with Gasteiger partial charge in [-0.3, -0.25) is 14.9 Å². The van der Waals surface area contributed by atoms with E-state index in [1.807, 2.05) is 0 Å². The molecule has 0 radical (unpaired) electrons. The van der Waals surface area contributed by atoms with Crippen molar-refractivity contribution in [3.05, 3.63) is 51.8 Å². The van der Waals surface area contributed by atoms with Crippen molar-refractivity contribution in [2.24, 2.45) is 5.73 Å². The summed E-state index contributed by atoms with van der Waals surface area (Å²) in [6.45, 7) is 0. The Morgan fingerprint density at radius 3 is 2.52 bits per heavy atom. The van der Waals surface area contributed by atoms with Crippen LogP contribution in [0.4, 0.5) is 5.69 Å². The molecule has 2 rings (SSSR count). The lowest BCUT2D eigenvalue weighted by Gasteiger charge is -2.02. The van der Waals surface area contributed by atoms with Crippen molar-refractivity contribution in [1.29, 1.82) is 0 Å². The Morgan fingerprint density at radius 1 is 1.29 bits per heavy atom. The Balaban J connectivity index is 2.40. The smallest absolute Gasteiger partial charge is 0.371 e. The number of nitro groups is 1. The van der Waals surface area contributed by atoms with Gasteiger partial charge < -0.3 is 15.3 Å². The minimum absolute atomic E-state index is 0.105. The number of nitrogens with two attached hydrogens (primary N) is 1. The van der Waals surface area contributed by atoms with Crippen LogP contribution in [0.3, 0.4) is 0 Å². The molecular formula is C12H8N2O6S. The normalized spacial score (nSPS) is 10.3. The monoisotopic (exact) mass is 308 g/mol. The van der Waals surface area contributed by atoms with Crippen LogP contribution in [0.1, 0.15) is 20.9 Å². The minimum Gasteiger partial charge on any atom is -0.475 e. The Morgan fingerprint density at radius 2 is 2.00 bits per heavy atom. The molecule has 0 unspecified atom stereocenters. The first-order chi connectivity index (χ1) is 9.88. The van der Waals surface area contributed by atoms with Crippen molar-refractivity contribution in [2.45, 2.75) is 9.99 Å². The molecule has 0 aliphatic heterocycles. The molecule has 8 nitrogen and oxygen atoms in total. The number of benzene rings is 1. The highest BCUT2D eigenvalue weighted by molar-refractivity contribution is 7.99. The Labute approximate surface area is 121 Å². The fraction of sp³-hybridized carbons (Fsp3) is 0. The first-order valence-corrected chi connectivity index (χ1v) is 6.29. The summed E-state index contributed by atoms with van der Waals surface area (Å²) in [4.78, 5) is 32.3. The van der Waals surface area contributed by atoms with Crippen molar-refractivity contribution in [2.75, 3.05) is 0 Å². The molecule has 2 aromatic rings. The van der Waals surface area contributed by atoms with E-state index in [0.717, 1.165) is 17.8 Å². The van der Waals surface area contributed by atoms with Gasteiger partial charge in [-0.1, -0.05) is 0 Å². The lowest BCUT2D eigenvalue weighted by Crippen LogP contribution is -2.11. The number of primary amides is 1. The predicted octanol–water partition coefficient (Wildman–Crippen LogP) is 2.14. The summed E-state index contributed by atoms with van der Waals surface area (Å²) < 4.78 is 5.01. The molecule has 0 saturated heterocycles. The van der Waals surface area contributed by atoms with E-state index >= 15 is 0 Å². The highest BCUT2D eigenvalue weighted by Crippen LogP contribution is 2.36. The number of hydrogen-bond acceptors (Lipinski definition) is 6. The highest BCUT2D eigenvalue weighted by Gasteiger charge is 2.19. The predicted molar refractivity (Wildman–Crippen MR) is 71.4 cm³/mol. The number of nitro benzene ring substituents is 1. The summed E-state index contributed by atoms with van der Waals surface area (Å²) in [5, 5.41) is 19.9. The van der Waals surface area contributed by atoms with Crippen LogP contribution in [0.25, 0.3) is 0 Å². The lowest BCUT2D eigenvalue weighted by atomic mass is 10.2. The van der Waals surface area contributed by atoms with Gasteiger partial charge >= 0.3 is 5.97 Å². The standard InChI is InChI=1S/C12H8N2O6S/c13-11(15)6-1-2-7(14(18)19)9(5-6)21-10-4-3-8(20-10)12(16)17/h1-5H,(H2,13,15)(H,16,17). The van der Waals surface area contributed by atoms with Gasteiger partial charge in [-0.05, 0) is 36.0 Å². The number of rotatable bonds is 5. The highest BCUT2D eigenvalue weighted by atomic mass is 32.2. The lowest BCUT2D eigenvalue weighted by molar-refractivity contribution is -0.387. The molecule has 0 bridgehead atoms. The van der Waals surface area contributed by atoms with E-state index in [-0.39, 0.29) is 27.0 Å². The molecule has 1 amide bonds. The van der Waals surface area contributed by atoms with Crippen molar-refractivity contribution in [3.8, 4) is 0 Å². The molecule has 0 aliphatic rings. The summed E-state index contributed by atoms with van der Waals surface area (Å²) >= 11 is 0.833. The molecule has 1 aromatic heterocycles. The fourth-order valence-electron chi connectivity index (χ4n) is 1.50. The van der Waals surface area contributed by atoms with Crippen LogP contribution in [0, 0.1) is 10.1 Å². The van der Waals surface area contributed by atoms with Crippen LogP contribution in [-0.4, -0.2) is 21.9 Å². The first-order valence-electron chi connectivity index (χ1n) is 5.47. The number of carbonyl (C=O) groups is 2. The zero-order chi connectivity index (χ0) is 15.6. The maximum absolute atomic E-state index is 11.1. The van der Waals surface area contributed by atoms with Crippen molar-refractivity contribution in [3.63, 3.8) is 0 Å². The Hall–Kier alpha value is -2.81. The topological polar surface area (TPSA) is 137 Å². The maximum atomic E-state index is 11.1. The van der Waals surface area contributed by atoms with Gasteiger partial charge in [0.1, 0.15) is 0 Å². The van der Waals surface area contributed by atoms with Gasteiger partial charge in [0.15, 0.2) is 5.09 Å². The van der Waals surface area contributed by atoms with Gasteiger partial charge in [-0.25, -0.2) is 4.79 Å². The average Bonchev–Trinajstić information content (AvgIpc) is 2.87. The third-order valence-corrected chi connectivity index (χ3v) is 3.41. The molecular weight excluding hydrogens is 300 g/mol. The number of hydrogen-bond donors (Lipinski definition) is 2. The molecule has 0 saturated carbocycles. The van der Waals surface area contributed by atoms with Gasteiger partial charge in [0.25, 0.3) is 5.69 Å². The van der Waals surface area contributed by atoms with Gasteiger partial charge in [0, 0.05) is 11.6 Å². The van der Waals surface area contributed by atoms with Gasteiger partial charge in [-0.2, -0.15) is 0 Å². The average molecular weight is 308 g/mol. The second-order valence-corrected chi connectivity index (χ2v) is 4.88. The van der Waals surface area contributed by atoms with Crippen molar-refractivity contribution < 1.29 is 24.0 Å². The van der Waals surface area contributed by atoms with Crippen LogP contribution in [0.5, 0.6) is 0 Å². The number of carboxylic acid groups (broad SMARTS) is 1. The van der Waals surface area contributed by atoms with Gasteiger partial charge in [-0.15, -0.1) is 0 Å². The molecule has 0 atom stereocenters. The molecule has 1 aromatic carbocycles. The summed E-state index contributed by atoms with van der Waals surface area (Å²) in [7, 11) is 0. The van der Waals surface area contributed by atoms with Crippen molar-refractivity contribution in [1.82, 2.24) is 0 Å². The van der Waals surface area contributed by atoms with E-state index in [9.17, 15) is 19.7 Å². The zero-order valence-corrected chi connectivity index (χ0v) is 11.1. The van der Waals surface area contributed by atoms with E-state index < -0.39 is 16.8 Å². The fourth-order valence-corrected chi connectivity index (χ4v) is 2.42. The third-order valence-electron chi connectivity index (χ3n) is 2.44. The number of amides is 1. The van der Waals surface area contributed by atoms with Crippen LogP contribution < -0.4 is 5.73 Å². The number of carbonyl (C=O) groups excluding carboxylic acids is 1. The molecule has 0 aliphatic carbocycles. The van der Waals surface area contributed by atoms with Crippen LogP contribution in [0.15, 0.2) is 44.7 Å². The van der Waals surface area contributed by atoms with Crippen LogP contribution in [0.2, 0.25) is 0 Å². The van der Waals surface area contributed by atoms with E-state index in [1.165, 1.54) is 24.3 Å². The van der Waals surface area contributed by atoms with E-state index in [1.54, 1.807) is 0 Å². The molecule has 21 heavy (non-hydrogen) atoms. The number of nitrogens with zero attached hydrogens (tertiary/aromatic N) is 1. The summed E-state index contributed by atoms with van der Waals surface area (Å²) in [6.07, 6.45) is 0. The number of aromatic carboxylic acids is 1. The Bertz CT molecular complexity index is 739. The van der Waals surface area contributed by atoms with Crippen molar-refractivity contribution >= 4 is 29.3 Å². The minimum atomic E-state index is -1.25. The van der Waals surface area contributed by atoms with E-state index in [2.05, 4.69) is 0 Å². The Kier molecular flexibility index (Phi) is 3.94. The first kappa shape index (κ1) is 14.6. The summed E-state index contributed by atoms with van der Waals surface area (Å²) in [5.41, 5.74) is 4.99. The molecule has 9 heteroatoms. The summed E-state index contributed by atoms with van der Waals surface area (Å²) in [6, 6.07) is 6.26. The third kappa shape index (κ3) is 3.20. The van der Waals surface area contributed by atoms with E-state index in [0.29, 0.717) is 0 Å². The molecule has 0 fully saturated rings. The van der Waals surface area contributed by atoms with Gasteiger partial charge in [0.2, 0.25) is 11.7 Å². The molecule has 3 N–H and O–H groups in total. The molecule has 1 heterocycles. The summed E-state index contributed by atoms with van der Waals surface area (Å²) in [5.74, 6) is -2.26. The molecule has 0 spiro atoms. The van der Waals surface area contributed by atoms with Crippen LogP contribution in [-0.2, 0) is 0 Å². The molecule has 108 valence electrons. The number of furan rings is 1. The quantitative estimate of drug-likeness (QED) is 0.637. The SMILES string of the molecule is NC(=O)c1ccc([N+](=O)[O-])c(Sc2ccc(C(=O)O)o2)c1. The van der Waals surface area contributed by atoms with Crippen LogP contribution >= 0.6 is 11.8 Å². The number of carboxylic acids is 1.